The third kappa shape index (κ3) is 6.52. The van der Waals surface area contributed by atoms with Crippen molar-refractivity contribution >= 4 is 39.4 Å². The number of hydrogen-bond donors (Lipinski definition) is 1. The van der Waals surface area contributed by atoms with E-state index in [1.165, 1.54) is 15.8 Å². The molecular weight excluding hydrogens is 699 g/mol. The number of likely N-dealkylation sites (tertiary alicyclic amines) is 2. The minimum atomic E-state index is -1.12. The van der Waals surface area contributed by atoms with Crippen molar-refractivity contribution in [2.45, 2.75) is 43.9 Å². The average molecular weight is 740 g/mol. The third-order valence-electron chi connectivity index (χ3n) is 11.1. The van der Waals surface area contributed by atoms with Crippen molar-refractivity contribution in [3.05, 3.63) is 125 Å². The number of amides is 1. The van der Waals surface area contributed by atoms with Crippen LogP contribution >= 0.6 is 11.3 Å². The average Bonchev–Trinajstić information content (AvgIpc) is 3.96. The zero-order valence-electron chi connectivity index (χ0n) is 30.0. The number of benzene rings is 2. The van der Waals surface area contributed by atoms with Gasteiger partial charge in [-0.1, -0.05) is 48.5 Å². The number of imidazole rings is 1. The molecule has 0 saturated carbocycles. The minimum absolute atomic E-state index is 0.0379. The molecular formula is C41H41N9O3S. The molecule has 274 valence electrons. The number of aliphatic hydroxyl groups is 1. The van der Waals surface area contributed by atoms with Gasteiger partial charge in [0.25, 0.3) is 5.56 Å². The van der Waals surface area contributed by atoms with E-state index in [0.717, 1.165) is 59.0 Å². The van der Waals surface area contributed by atoms with Crippen molar-refractivity contribution in [2.75, 3.05) is 26.2 Å². The number of fused-ring (bicyclic) bond motifs is 2. The van der Waals surface area contributed by atoms with Crippen LogP contribution in [0.4, 0.5) is 0 Å². The predicted octanol–water partition coefficient (Wildman–Crippen LogP) is 5.25. The van der Waals surface area contributed by atoms with Crippen LogP contribution in [-0.2, 0) is 24.9 Å². The van der Waals surface area contributed by atoms with Crippen LogP contribution in [0.1, 0.15) is 35.6 Å². The molecule has 7 heterocycles. The van der Waals surface area contributed by atoms with Crippen molar-refractivity contribution in [1.29, 1.82) is 0 Å². The van der Waals surface area contributed by atoms with Crippen molar-refractivity contribution in [2.24, 2.45) is 13.0 Å². The SMILES string of the molecule is Cn1cnc2cc(-c3ncc(CN4CC[C@@H](C(=O)N5CCC(O)(Cn6cnc7c(ccn7-c7ccccc7)c6=O)CC5)[C@H](c5ccccc5)C4)s3)cnc21. The molecule has 2 atom stereocenters. The highest BCUT2D eigenvalue weighted by molar-refractivity contribution is 7.15. The van der Waals surface area contributed by atoms with Crippen molar-refractivity contribution in [3.8, 4) is 16.3 Å². The first-order chi connectivity index (χ1) is 26.3. The summed E-state index contributed by atoms with van der Waals surface area (Å²) >= 11 is 1.67. The van der Waals surface area contributed by atoms with Crippen LogP contribution in [0, 0.1) is 5.92 Å². The molecule has 13 heteroatoms. The molecule has 2 aromatic carbocycles. The molecule has 0 radical (unpaired) electrons. The number of piperidine rings is 2. The lowest BCUT2D eigenvalue weighted by Crippen LogP contribution is -2.53. The first kappa shape index (κ1) is 34.3. The van der Waals surface area contributed by atoms with Crippen LogP contribution in [0.2, 0.25) is 0 Å². The second-order valence-corrected chi connectivity index (χ2v) is 15.8. The molecule has 0 aliphatic carbocycles. The zero-order chi connectivity index (χ0) is 36.8. The standard InChI is InChI=1S/C41H41N9O3S/c1-46-26-44-35-20-29(21-42-37(35)46)38-43-22-31(54-38)23-47-16-12-32(34(24-47)28-8-4-2-5-9-28)39(51)48-18-14-41(53,15-19-48)25-49-27-45-36-33(40(49)52)13-17-50(36)30-10-6-3-7-11-30/h2-11,13,17,20-22,26-27,32,34,53H,12,14-16,18-19,23-25H2,1H3/t32-,34+/m1/s1. The quantitative estimate of drug-likeness (QED) is 0.224. The predicted molar refractivity (Wildman–Crippen MR) is 208 cm³/mol. The number of pyridine rings is 1. The number of aromatic nitrogens is 7. The van der Waals surface area contributed by atoms with Gasteiger partial charge in [0.1, 0.15) is 16.9 Å². The van der Waals surface area contributed by atoms with Crippen molar-refractivity contribution in [3.63, 3.8) is 0 Å². The number of para-hydroxylation sites is 1. The molecule has 2 saturated heterocycles. The van der Waals surface area contributed by atoms with Crippen LogP contribution in [0.25, 0.3) is 38.5 Å². The lowest BCUT2D eigenvalue weighted by molar-refractivity contribution is -0.142. The maximum Gasteiger partial charge on any atom is 0.262 e. The van der Waals surface area contributed by atoms with Crippen LogP contribution in [0.15, 0.2) is 109 Å². The monoisotopic (exact) mass is 739 g/mol. The number of carbonyl (C=O) groups is 1. The van der Waals surface area contributed by atoms with Crippen LogP contribution in [0.5, 0.6) is 0 Å². The zero-order valence-corrected chi connectivity index (χ0v) is 30.8. The van der Waals surface area contributed by atoms with Gasteiger partial charge in [-0.2, -0.15) is 0 Å². The summed E-state index contributed by atoms with van der Waals surface area (Å²) in [7, 11) is 1.94. The molecule has 0 spiro atoms. The van der Waals surface area contributed by atoms with E-state index in [4.69, 9.17) is 4.98 Å². The smallest absolute Gasteiger partial charge is 0.262 e. The Morgan fingerprint density at radius 2 is 1.69 bits per heavy atom. The van der Waals surface area contributed by atoms with E-state index in [2.05, 4.69) is 32.0 Å². The molecule has 1 N–H and O–H groups in total. The van der Waals surface area contributed by atoms with Gasteiger partial charge < -0.3 is 19.1 Å². The van der Waals surface area contributed by atoms with E-state index < -0.39 is 5.60 Å². The van der Waals surface area contributed by atoms with Crippen molar-refractivity contribution < 1.29 is 9.90 Å². The lowest BCUT2D eigenvalue weighted by Gasteiger charge is -2.43. The number of aryl methyl sites for hydroxylation is 1. The molecule has 7 aromatic rings. The molecule has 2 fully saturated rings. The fourth-order valence-corrected chi connectivity index (χ4v) is 9.12. The Morgan fingerprint density at radius 1 is 0.907 bits per heavy atom. The molecule has 0 bridgehead atoms. The molecule has 0 unspecified atom stereocenters. The van der Waals surface area contributed by atoms with Gasteiger partial charge in [0, 0.05) is 79.8 Å². The van der Waals surface area contributed by atoms with Gasteiger partial charge in [0.2, 0.25) is 5.91 Å². The maximum absolute atomic E-state index is 14.3. The Labute approximate surface area is 316 Å². The Balaban J connectivity index is 0.861. The minimum Gasteiger partial charge on any atom is -0.388 e. The number of nitrogens with zero attached hydrogens (tertiary/aromatic N) is 9. The van der Waals surface area contributed by atoms with Gasteiger partial charge in [0.15, 0.2) is 11.3 Å². The Morgan fingerprint density at radius 3 is 2.48 bits per heavy atom. The van der Waals surface area contributed by atoms with Crippen molar-refractivity contribution in [1.82, 2.24) is 43.4 Å². The fourth-order valence-electron chi connectivity index (χ4n) is 8.18. The summed E-state index contributed by atoms with van der Waals surface area (Å²) < 4.78 is 5.31. The molecule has 9 rings (SSSR count). The number of thiazole rings is 1. The van der Waals surface area contributed by atoms with E-state index in [1.54, 1.807) is 23.7 Å². The first-order valence-corrected chi connectivity index (χ1v) is 19.3. The molecule has 54 heavy (non-hydrogen) atoms. The number of rotatable bonds is 8. The Bertz CT molecular complexity index is 2500. The highest BCUT2D eigenvalue weighted by Crippen LogP contribution is 2.37. The topological polar surface area (TPSA) is 127 Å². The second-order valence-electron chi connectivity index (χ2n) is 14.7. The highest BCUT2D eigenvalue weighted by atomic mass is 32.1. The van der Waals surface area contributed by atoms with E-state index in [1.807, 2.05) is 94.3 Å². The number of hydrogen-bond acceptors (Lipinski definition) is 9. The van der Waals surface area contributed by atoms with Crippen LogP contribution in [-0.4, -0.2) is 86.2 Å². The summed E-state index contributed by atoms with van der Waals surface area (Å²) in [5.41, 5.74) is 4.03. The van der Waals surface area contributed by atoms with Gasteiger partial charge in [-0.3, -0.25) is 19.1 Å². The van der Waals surface area contributed by atoms with E-state index in [0.29, 0.717) is 37.0 Å². The molecule has 12 nitrogen and oxygen atoms in total. The summed E-state index contributed by atoms with van der Waals surface area (Å²) in [4.78, 5) is 51.7. The number of carbonyl (C=O) groups excluding carboxylic acids is 1. The third-order valence-corrected chi connectivity index (χ3v) is 12.2. The maximum atomic E-state index is 14.3. The Kier molecular flexibility index (Phi) is 8.92. The van der Waals surface area contributed by atoms with Gasteiger partial charge in [-0.25, -0.2) is 19.9 Å². The molecule has 5 aromatic heterocycles. The summed E-state index contributed by atoms with van der Waals surface area (Å²) in [6, 6.07) is 24.0. The van der Waals surface area contributed by atoms with E-state index in [9.17, 15) is 14.7 Å². The lowest BCUT2D eigenvalue weighted by atomic mass is 9.79. The van der Waals surface area contributed by atoms with Gasteiger partial charge in [-0.15, -0.1) is 11.3 Å². The molecule has 2 aliphatic rings. The van der Waals surface area contributed by atoms with Crippen LogP contribution < -0.4 is 5.56 Å². The summed E-state index contributed by atoms with van der Waals surface area (Å²) in [5, 5.41) is 13.1. The van der Waals surface area contributed by atoms with E-state index in [-0.39, 0.29) is 29.8 Å². The molecule has 1 amide bonds. The fraction of sp³-hybridized carbons (Fsp3) is 0.317. The largest absolute Gasteiger partial charge is 0.388 e. The van der Waals surface area contributed by atoms with E-state index >= 15 is 0 Å². The highest BCUT2D eigenvalue weighted by Gasteiger charge is 2.41. The molecule has 2 aliphatic heterocycles. The summed E-state index contributed by atoms with van der Waals surface area (Å²) in [6.45, 7) is 3.33. The van der Waals surface area contributed by atoms with Gasteiger partial charge in [-0.05, 0) is 55.6 Å². The van der Waals surface area contributed by atoms with Crippen LogP contribution in [0.3, 0.4) is 0 Å². The van der Waals surface area contributed by atoms with Gasteiger partial charge in [0.05, 0.1) is 23.9 Å². The Hall–Kier alpha value is -5.50. The summed E-state index contributed by atoms with van der Waals surface area (Å²) in [6.07, 6.45) is 10.5. The van der Waals surface area contributed by atoms with Gasteiger partial charge >= 0.3 is 0 Å². The first-order valence-electron chi connectivity index (χ1n) is 18.4. The summed E-state index contributed by atoms with van der Waals surface area (Å²) in [5.74, 6) is 0.0208. The second kappa shape index (κ2) is 14.0. The normalized spacial score (nSPS) is 19.1.